The van der Waals surface area contributed by atoms with Crippen LogP contribution < -0.4 is 4.90 Å². The van der Waals surface area contributed by atoms with Crippen molar-refractivity contribution in [2.45, 2.75) is 6.42 Å². The fourth-order valence-electron chi connectivity index (χ4n) is 4.46. The van der Waals surface area contributed by atoms with Gasteiger partial charge in [0.1, 0.15) is 0 Å². The lowest BCUT2D eigenvalue weighted by atomic mass is 10.2. The number of anilines is 1. The Labute approximate surface area is 214 Å². The second-order valence-electron chi connectivity index (χ2n) is 8.82. The van der Waals surface area contributed by atoms with E-state index in [9.17, 15) is 0 Å². The van der Waals surface area contributed by atoms with Crippen molar-refractivity contribution in [1.82, 2.24) is 24.8 Å². The van der Waals surface area contributed by atoms with Crippen LogP contribution in [0.3, 0.4) is 0 Å². The number of rotatable bonds is 6. The predicted octanol–water partition coefficient (Wildman–Crippen LogP) is 5.36. The molecule has 1 aliphatic rings. The second kappa shape index (κ2) is 10.0. The summed E-state index contributed by atoms with van der Waals surface area (Å²) in [5.41, 5.74) is 4.10. The third kappa shape index (κ3) is 4.80. The van der Waals surface area contributed by atoms with E-state index in [4.69, 9.17) is 31.0 Å². The fraction of sp³-hybridized carbons (Fsp3) is 0.214. The summed E-state index contributed by atoms with van der Waals surface area (Å²) in [6.07, 6.45) is 2.80. The molecule has 0 unspecified atom stereocenters. The van der Waals surface area contributed by atoms with E-state index in [1.54, 1.807) is 0 Å². The molecule has 180 valence electrons. The standard InChI is InChI=1S/C28H25ClN6O/c29-22-11-9-21(10-12-22)28-33-26-24(36-28)27(32-25(31-26)20-6-2-1-3-7-20)35-18-16-34(17-19-35)15-13-23-8-4-5-14-30-23/h1-12,14H,13,15-19H2. The van der Waals surface area contributed by atoms with Gasteiger partial charge in [0, 0.05) is 67.2 Å². The summed E-state index contributed by atoms with van der Waals surface area (Å²) in [4.78, 5) is 23.7. The first kappa shape index (κ1) is 22.6. The first-order valence-corrected chi connectivity index (χ1v) is 12.5. The molecule has 0 radical (unpaired) electrons. The zero-order valence-corrected chi connectivity index (χ0v) is 20.5. The van der Waals surface area contributed by atoms with Crippen molar-refractivity contribution < 1.29 is 4.42 Å². The largest absolute Gasteiger partial charge is 0.430 e. The van der Waals surface area contributed by atoms with Gasteiger partial charge in [0.15, 0.2) is 11.6 Å². The van der Waals surface area contributed by atoms with Crippen LogP contribution in [0.4, 0.5) is 5.82 Å². The van der Waals surface area contributed by atoms with Crippen molar-refractivity contribution in [3.8, 4) is 22.8 Å². The lowest BCUT2D eigenvalue weighted by Crippen LogP contribution is -2.47. The number of oxazole rings is 1. The Bertz CT molecular complexity index is 1450. The van der Waals surface area contributed by atoms with Crippen molar-refractivity contribution in [2.75, 3.05) is 37.6 Å². The minimum Gasteiger partial charge on any atom is -0.430 e. The summed E-state index contributed by atoms with van der Waals surface area (Å²) >= 11 is 6.07. The number of pyridine rings is 1. The quantitative estimate of drug-likeness (QED) is 0.313. The smallest absolute Gasteiger partial charge is 0.229 e. The van der Waals surface area contributed by atoms with E-state index in [-0.39, 0.29) is 0 Å². The Morgan fingerprint density at radius 3 is 2.31 bits per heavy atom. The van der Waals surface area contributed by atoms with Crippen molar-refractivity contribution in [3.05, 3.63) is 89.7 Å². The molecule has 36 heavy (non-hydrogen) atoms. The highest BCUT2D eigenvalue weighted by Gasteiger charge is 2.24. The molecule has 1 saturated heterocycles. The lowest BCUT2D eigenvalue weighted by Gasteiger charge is -2.35. The number of piperazine rings is 1. The highest BCUT2D eigenvalue weighted by molar-refractivity contribution is 6.30. The van der Waals surface area contributed by atoms with Gasteiger partial charge in [-0.15, -0.1) is 0 Å². The number of nitrogens with zero attached hydrogens (tertiary/aromatic N) is 6. The maximum atomic E-state index is 6.26. The van der Waals surface area contributed by atoms with Gasteiger partial charge in [-0.2, -0.15) is 4.98 Å². The molecule has 1 fully saturated rings. The molecule has 1 aliphatic heterocycles. The van der Waals surface area contributed by atoms with E-state index < -0.39 is 0 Å². The van der Waals surface area contributed by atoms with Gasteiger partial charge >= 0.3 is 0 Å². The van der Waals surface area contributed by atoms with Crippen molar-refractivity contribution in [3.63, 3.8) is 0 Å². The summed E-state index contributed by atoms with van der Waals surface area (Å²) in [6.45, 7) is 4.57. The SMILES string of the molecule is Clc1ccc(-c2nc3nc(-c4ccccc4)nc(N4CCN(CCc5ccccn5)CC4)c3o2)cc1. The Morgan fingerprint density at radius 2 is 1.56 bits per heavy atom. The summed E-state index contributed by atoms with van der Waals surface area (Å²) in [7, 11) is 0. The molecule has 0 N–H and O–H groups in total. The average molecular weight is 497 g/mol. The van der Waals surface area contributed by atoms with Crippen LogP contribution in [0.25, 0.3) is 34.1 Å². The van der Waals surface area contributed by atoms with E-state index >= 15 is 0 Å². The maximum absolute atomic E-state index is 6.26. The fourth-order valence-corrected chi connectivity index (χ4v) is 4.58. The molecule has 8 heteroatoms. The normalized spacial score (nSPS) is 14.4. The van der Waals surface area contributed by atoms with Crippen molar-refractivity contribution >= 4 is 28.6 Å². The molecule has 6 rings (SSSR count). The minimum atomic E-state index is 0.511. The molecule has 0 atom stereocenters. The number of benzene rings is 2. The molecule has 0 saturated carbocycles. The molecule has 0 aliphatic carbocycles. The molecule has 7 nitrogen and oxygen atoms in total. The first-order valence-electron chi connectivity index (χ1n) is 12.1. The first-order chi connectivity index (χ1) is 17.7. The summed E-state index contributed by atoms with van der Waals surface area (Å²) in [6, 6.07) is 23.5. The maximum Gasteiger partial charge on any atom is 0.229 e. The van der Waals surface area contributed by atoms with E-state index in [0.29, 0.717) is 28.0 Å². The summed E-state index contributed by atoms with van der Waals surface area (Å²) in [5.74, 6) is 1.94. The molecular weight excluding hydrogens is 472 g/mol. The van der Waals surface area contributed by atoms with Crippen molar-refractivity contribution in [2.24, 2.45) is 0 Å². The van der Waals surface area contributed by atoms with Gasteiger partial charge in [-0.25, -0.2) is 9.97 Å². The van der Waals surface area contributed by atoms with Crippen LogP contribution >= 0.6 is 11.6 Å². The molecule has 0 bridgehead atoms. The van der Waals surface area contributed by atoms with Crippen LogP contribution in [0.1, 0.15) is 5.69 Å². The number of hydrogen-bond acceptors (Lipinski definition) is 7. The van der Waals surface area contributed by atoms with E-state index in [1.807, 2.05) is 72.9 Å². The van der Waals surface area contributed by atoms with Gasteiger partial charge in [0.25, 0.3) is 0 Å². The Balaban J connectivity index is 1.29. The van der Waals surface area contributed by atoms with E-state index in [1.165, 1.54) is 0 Å². The number of fused-ring (bicyclic) bond motifs is 1. The summed E-state index contributed by atoms with van der Waals surface area (Å²) < 4.78 is 6.26. The van der Waals surface area contributed by atoms with Gasteiger partial charge in [-0.1, -0.05) is 48.0 Å². The zero-order valence-electron chi connectivity index (χ0n) is 19.7. The minimum absolute atomic E-state index is 0.511. The number of halogens is 1. The zero-order chi connectivity index (χ0) is 24.3. The summed E-state index contributed by atoms with van der Waals surface area (Å²) in [5, 5.41) is 0.669. The van der Waals surface area contributed by atoms with Crippen LogP contribution in [0.5, 0.6) is 0 Å². The molecule has 0 spiro atoms. The van der Waals surface area contributed by atoms with Gasteiger partial charge in [-0.05, 0) is 36.4 Å². The second-order valence-corrected chi connectivity index (χ2v) is 9.25. The number of aromatic nitrogens is 4. The van der Waals surface area contributed by atoms with Crippen LogP contribution in [0.15, 0.2) is 83.4 Å². The van der Waals surface area contributed by atoms with Gasteiger partial charge in [-0.3, -0.25) is 9.88 Å². The molecule has 5 aromatic rings. The van der Waals surface area contributed by atoms with Gasteiger partial charge in [0.2, 0.25) is 17.1 Å². The van der Waals surface area contributed by atoms with Crippen LogP contribution in [-0.2, 0) is 6.42 Å². The van der Waals surface area contributed by atoms with Crippen molar-refractivity contribution in [1.29, 1.82) is 0 Å². The Kier molecular flexibility index (Phi) is 6.32. The lowest BCUT2D eigenvalue weighted by molar-refractivity contribution is 0.259. The van der Waals surface area contributed by atoms with Gasteiger partial charge in [0.05, 0.1) is 0 Å². The molecular formula is C28H25ClN6O. The van der Waals surface area contributed by atoms with Crippen LogP contribution in [0.2, 0.25) is 5.02 Å². The highest BCUT2D eigenvalue weighted by Crippen LogP contribution is 2.32. The third-order valence-electron chi connectivity index (χ3n) is 6.44. The van der Waals surface area contributed by atoms with Gasteiger partial charge < -0.3 is 9.32 Å². The van der Waals surface area contributed by atoms with E-state index in [0.717, 1.165) is 61.8 Å². The highest BCUT2D eigenvalue weighted by atomic mass is 35.5. The van der Waals surface area contributed by atoms with Crippen LogP contribution in [0, 0.1) is 0 Å². The molecule has 4 heterocycles. The number of hydrogen-bond donors (Lipinski definition) is 0. The Hall–Kier alpha value is -3.81. The topological polar surface area (TPSA) is 71.2 Å². The molecule has 0 amide bonds. The van der Waals surface area contributed by atoms with Crippen LogP contribution in [-0.4, -0.2) is 57.6 Å². The van der Waals surface area contributed by atoms with E-state index in [2.05, 4.69) is 20.9 Å². The molecule has 3 aromatic heterocycles. The average Bonchev–Trinajstić information content (AvgIpc) is 3.37. The molecule has 2 aromatic carbocycles. The Morgan fingerprint density at radius 1 is 0.778 bits per heavy atom. The monoisotopic (exact) mass is 496 g/mol. The third-order valence-corrected chi connectivity index (χ3v) is 6.69. The predicted molar refractivity (Wildman–Crippen MR) is 142 cm³/mol.